The zero-order valence-electron chi connectivity index (χ0n) is 8.75. The Balaban J connectivity index is 2.11. The zero-order valence-corrected chi connectivity index (χ0v) is 9.57. The predicted molar refractivity (Wildman–Crippen MR) is 63.8 cm³/mol. The van der Waals surface area contributed by atoms with Gasteiger partial charge in [-0.15, -0.1) is 5.10 Å². The number of hydrogen-bond acceptors (Lipinski definition) is 5. The summed E-state index contributed by atoms with van der Waals surface area (Å²) >= 11 is 1.33. The van der Waals surface area contributed by atoms with Crippen molar-refractivity contribution in [1.82, 2.24) is 15.2 Å². The molecular formula is C10H10N4O2S. The maximum Gasteiger partial charge on any atom is 0.335 e. The minimum atomic E-state index is -0.935. The molecule has 0 saturated heterocycles. The van der Waals surface area contributed by atoms with E-state index in [9.17, 15) is 4.79 Å². The molecule has 1 aromatic heterocycles. The smallest absolute Gasteiger partial charge is 0.335 e. The minimum absolute atomic E-state index is 0.249. The number of aromatic nitrogens is 3. The number of carbonyl (C=O) groups is 1. The quantitative estimate of drug-likeness (QED) is 0.708. The van der Waals surface area contributed by atoms with E-state index in [1.165, 1.54) is 11.8 Å². The molecular weight excluding hydrogens is 240 g/mol. The number of anilines is 1. The number of rotatable bonds is 4. The number of carboxylic acid groups (broad SMARTS) is 1. The average Bonchev–Trinajstić information content (AvgIpc) is 2.73. The number of hydrogen-bond donors (Lipinski definition) is 3. The van der Waals surface area contributed by atoms with Gasteiger partial charge in [0, 0.05) is 5.75 Å². The highest BCUT2D eigenvalue weighted by Crippen LogP contribution is 2.21. The number of benzene rings is 1. The molecule has 0 saturated carbocycles. The van der Waals surface area contributed by atoms with Crippen molar-refractivity contribution in [3.05, 3.63) is 35.4 Å². The van der Waals surface area contributed by atoms with E-state index in [4.69, 9.17) is 10.8 Å². The fourth-order valence-corrected chi connectivity index (χ4v) is 2.13. The van der Waals surface area contributed by atoms with E-state index in [1.54, 1.807) is 24.3 Å². The average molecular weight is 250 g/mol. The van der Waals surface area contributed by atoms with Crippen LogP contribution in [0.1, 0.15) is 15.9 Å². The number of nitrogen functional groups attached to an aromatic ring is 1. The van der Waals surface area contributed by atoms with Gasteiger partial charge in [-0.3, -0.25) is 0 Å². The number of H-pyrrole nitrogens is 1. The summed E-state index contributed by atoms with van der Waals surface area (Å²) in [7, 11) is 0. The first-order chi connectivity index (χ1) is 8.16. The molecule has 0 amide bonds. The molecule has 0 fully saturated rings. The number of nitrogens with one attached hydrogen (secondary N) is 1. The van der Waals surface area contributed by atoms with Gasteiger partial charge in [0.15, 0.2) is 0 Å². The van der Waals surface area contributed by atoms with Gasteiger partial charge in [-0.2, -0.15) is 4.98 Å². The van der Waals surface area contributed by atoms with Crippen LogP contribution in [0.5, 0.6) is 0 Å². The summed E-state index contributed by atoms with van der Waals surface area (Å²) in [4.78, 5) is 14.9. The standard InChI is InChI=1S/C10H10N4O2S/c11-9-12-10(14-13-9)17-5-6-3-1-2-4-7(6)8(15)16/h1-4H,5H2,(H,15,16)(H3,11,12,13,14). The summed E-state index contributed by atoms with van der Waals surface area (Å²) in [6.07, 6.45) is 0. The van der Waals surface area contributed by atoms with Crippen molar-refractivity contribution >= 4 is 23.7 Å². The lowest BCUT2D eigenvalue weighted by Crippen LogP contribution is -2.00. The Morgan fingerprint density at radius 1 is 1.47 bits per heavy atom. The van der Waals surface area contributed by atoms with E-state index in [0.29, 0.717) is 16.5 Å². The number of nitrogens with two attached hydrogens (primary N) is 1. The molecule has 0 unspecified atom stereocenters. The van der Waals surface area contributed by atoms with Crippen LogP contribution in [0.3, 0.4) is 0 Å². The van der Waals surface area contributed by atoms with Gasteiger partial charge >= 0.3 is 5.97 Å². The van der Waals surface area contributed by atoms with Gasteiger partial charge in [0.05, 0.1) is 5.56 Å². The molecule has 88 valence electrons. The van der Waals surface area contributed by atoms with Crippen LogP contribution < -0.4 is 5.73 Å². The van der Waals surface area contributed by atoms with Gasteiger partial charge in [-0.05, 0) is 11.6 Å². The monoisotopic (exact) mass is 250 g/mol. The van der Waals surface area contributed by atoms with Crippen LogP contribution in [-0.2, 0) is 5.75 Å². The van der Waals surface area contributed by atoms with E-state index >= 15 is 0 Å². The van der Waals surface area contributed by atoms with Crippen molar-refractivity contribution in [2.45, 2.75) is 10.9 Å². The van der Waals surface area contributed by atoms with Crippen LogP contribution >= 0.6 is 11.8 Å². The number of carboxylic acids is 1. The van der Waals surface area contributed by atoms with E-state index in [-0.39, 0.29) is 5.95 Å². The third kappa shape index (κ3) is 2.76. The SMILES string of the molecule is Nc1nc(SCc2ccccc2C(=O)O)n[nH]1. The van der Waals surface area contributed by atoms with Gasteiger partial charge in [-0.25, -0.2) is 9.89 Å². The van der Waals surface area contributed by atoms with Crippen LogP contribution in [-0.4, -0.2) is 26.3 Å². The second kappa shape index (κ2) is 4.88. The fourth-order valence-electron chi connectivity index (χ4n) is 1.32. The summed E-state index contributed by atoms with van der Waals surface area (Å²) in [5.74, 6) is -0.200. The number of aromatic carboxylic acids is 1. The van der Waals surface area contributed by atoms with Crippen LogP contribution in [0.25, 0.3) is 0 Å². The highest BCUT2D eigenvalue weighted by molar-refractivity contribution is 7.98. The highest BCUT2D eigenvalue weighted by atomic mass is 32.2. The number of thioether (sulfide) groups is 1. The summed E-state index contributed by atoms with van der Waals surface area (Å²) in [6.45, 7) is 0. The summed E-state index contributed by atoms with van der Waals surface area (Å²) < 4.78 is 0. The molecule has 6 nitrogen and oxygen atoms in total. The Hall–Kier alpha value is -2.02. The molecule has 1 heterocycles. The first-order valence-electron chi connectivity index (χ1n) is 4.78. The topological polar surface area (TPSA) is 105 Å². The molecule has 0 aliphatic rings. The second-order valence-electron chi connectivity index (χ2n) is 3.25. The molecule has 0 radical (unpaired) electrons. The van der Waals surface area contributed by atoms with E-state index in [2.05, 4.69) is 15.2 Å². The molecule has 0 aliphatic carbocycles. The first kappa shape index (κ1) is 11.5. The van der Waals surface area contributed by atoms with Crippen molar-refractivity contribution in [2.24, 2.45) is 0 Å². The normalized spacial score (nSPS) is 10.4. The summed E-state index contributed by atoms with van der Waals surface area (Å²) in [6, 6.07) is 6.84. The van der Waals surface area contributed by atoms with Crippen molar-refractivity contribution in [1.29, 1.82) is 0 Å². The Morgan fingerprint density at radius 3 is 2.88 bits per heavy atom. The van der Waals surface area contributed by atoms with Gasteiger partial charge in [0.2, 0.25) is 11.1 Å². The van der Waals surface area contributed by atoms with Crippen LogP contribution in [0, 0.1) is 0 Å². The van der Waals surface area contributed by atoms with Gasteiger partial charge < -0.3 is 10.8 Å². The van der Waals surface area contributed by atoms with E-state index in [0.717, 1.165) is 5.56 Å². The number of nitrogens with zero attached hydrogens (tertiary/aromatic N) is 2. The molecule has 2 aromatic rings. The van der Waals surface area contributed by atoms with Crippen LogP contribution in [0.15, 0.2) is 29.4 Å². The van der Waals surface area contributed by atoms with Crippen molar-refractivity contribution in [3.63, 3.8) is 0 Å². The van der Waals surface area contributed by atoms with Crippen molar-refractivity contribution < 1.29 is 9.90 Å². The Kier molecular flexibility index (Phi) is 3.29. The Labute approximate surface area is 101 Å². The maximum atomic E-state index is 11.0. The maximum absolute atomic E-state index is 11.0. The fraction of sp³-hybridized carbons (Fsp3) is 0.100. The lowest BCUT2D eigenvalue weighted by molar-refractivity contribution is 0.0696. The largest absolute Gasteiger partial charge is 0.478 e. The third-order valence-electron chi connectivity index (χ3n) is 2.09. The zero-order chi connectivity index (χ0) is 12.3. The van der Waals surface area contributed by atoms with Gasteiger partial charge in [-0.1, -0.05) is 30.0 Å². The molecule has 0 aliphatic heterocycles. The predicted octanol–water partition coefficient (Wildman–Crippen LogP) is 1.38. The van der Waals surface area contributed by atoms with Crippen LogP contribution in [0.4, 0.5) is 5.95 Å². The lowest BCUT2D eigenvalue weighted by Gasteiger charge is -2.03. The van der Waals surface area contributed by atoms with Crippen molar-refractivity contribution in [3.8, 4) is 0 Å². The summed E-state index contributed by atoms with van der Waals surface area (Å²) in [5, 5.41) is 15.9. The third-order valence-corrected chi connectivity index (χ3v) is 2.98. The van der Waals surface area contributed by atoms with Gasteiger partial charge in [0.1, 0.15) is 0 Å². The Bertz CT molecular complexity index is 541. The molecule has 2 rings (SSSR count). The minimum Gasteiger partial charge on any atom is -0.478 e. The molecule has 0 atom stereocenters. The molecule has 7 heteroatoms. The Morgan fingerprint density at radius 2 is 2.24 bits per heavy atom. The van der Waals surface area contributed by atoms with Crippen LogP contribution in [0.2, 0.25) is 0 Å². The molecule has 0 spiro atoms. The second-order valence-corrected chi connectivity index (χ2v) is 4.20. The van der Waals surface area contributed by atoms with E-state index in [1.807, 2.05) is 0 Å². The molecule has 0 bridgehead atoms. The first-order valence-corrected chi connectivity index (χ1v) is 5.77. The highest BCUT2D eigenvalue weighted by Gasteiger charge is 2.10. The summed E-state index contributed by atoms with van der Waals surface area (Å²) in [5.41, 5.74) is 6.41. The van der Waals surface area contributed by atoms with Gasteiger partial charge in [0.25, 0.3) is 0 Å². The van der Waals surface area contributed by atoms with E-state index < -0.39 is 5.97 Å². The molecule has 1 aromatic carbocycles. The lowest BCUT2D eigenvalue weighted by atomic mass is 10.1. The molecule has 4 N–H and O–H groups in total. The number of aromatic amines is 1. The molecule has 17 heavy (non-hydrogen) atoms. The van der Waals surface area contributed by atoms with Crippen molar-refractivity contribution in [2.75, 3.05) is 5.73 Å².